The number of carbonyl (C=O) groups is 2. The molecule has 4 heterocycles. The first-order chi connectivity index (χ1) is 19.3. The van der Waals surface area contributed by atoms with Crippen LogP contribution in [-0.2, 0) is 40.0 Å². The van der Waals surface area contributed by atoms with E-state index in [0.717, 1.165) is 82.3 Å². The van der Waals surface area contributed by atoms with Crippen molar-refractivity contribution in [2.75, 3.05) is 23.7 Å². The normalized spacial score (nSPS) is 14.4. The van der Waals surface area contributed by atoms with E-state index in [0.29, 0.717) is 24.7 Å². The van der Waals surface area contributed by atoms with E-state index in [-0.39, 0.29) is 11.8 Å². The molecule has 10 heteroatoms. The second kappa shape index (κ2) is 10.4. The maximum atomic E-state index is 13.3. The second-order valence-corrected chi connectivity index (χ2v) is 10.5. The standard InChI is InChI=1S/C30H34N8O2/c1-17-19(7-5-9-21(17)35-29(39)27-33-23-11-13-31-15-25(23)37(27)3)20-8-6-10-22(18(20)2)36-30(40)28-34-24-12-14-32-16-26(24)38(28)4/h5-10,31-32H,11-16H2,1-4H3,(H,35,39)(H,36,40). The fourth-order valence-corrected chi connectivity index (χ4v) is 5.73. The Morgan fingerprint density at radius 2 is 1.15 bits per heavy atom. The first kappa shape index (κ1) is 26.0. The van der Waals surface area contributed by atoms with Gasteiger partial charge in [-0.1, -0.05) is 24.3 Å². The van der Waals surface area contributed by atoms with Crippen molar-refractivity contribution < 1.29 is 9.59 Å². The van der Waals surface area contributed by atoms with Crippen LogP contribution in [0.1, 0.15) is 55.1 Å². The third kappa shape index (κ3) is 4.48. The smallest absolute Gasteiger partial charge is 0.291 e. The van der Waals surface area contributed by atoms with Gasteiger partial charge in [0.2, 0.25) is 0 Å². The molecule has 2 aromatic carbocycles. The highest BCUT2D eigenvalue weighted by molar-refractivity contribution is 6.04. The molecule has 0 radical (unpaired) electrons. The number of imidazole rings is 2. The number of nitrogens with zero attached hydrogens (tertiary/aromatic N) is 4. The molecule has 6 rings (SSSR count). The summed E-state index contributed by atoms with van der Waals surface area (Å²) < 4.78 is 3.75. The van der Waals surface area contributed by atoms with Gasteiger partial charge in [0.25, 0.3) is 11.8 Å². The lowest BCUT2D eigenvalue weighted by molar-refractivity contribution is 0.100. The van der Waals surface area contributed by atoms with Gasteiger partial charge in [-0.25, -0.2) is 9.97 Å². The highest BCUT2D eigenvalue weighted by Gasteiger charge is 2.24. The van der Waals surface area contributed by atoms with Crippen molar-refractivity contribution in [3.63, 3.8) is 0 Å². The van der Waals surface area contributed by atoms with Gasteiger partial charge in [-0.2, -0.15) is 0 Å². The van der Waals surface area contributed by atoms with Crippen molar-refractivity contribution in [2.24, 2.45) is 14.1 Å². The molecule has 0 fully saturated rings. The molecule has 0 saturated heterocycles. The Labute approximate surface area is 233 Å². The molecule has 0 bridgehead atoms. The Kier molecular flexibility index (Phi) is 6.73. The van der Waals surface area contributed by atoms with E-state index in [1.54, 1.807) is 0 Å². The monoisotopic (exact) mass is 538 g/mol. The summed E-state index contributed by atoms with van der Waals surface area (Å²) in [6, 6.07) is 11.7. The average Bonchev–Trinajstić information content (AvgIpc) is 3.48. The summed E-state index contributed by atoms with van der Waals surface area (Å²) in [6.45, 7) is 7.16. The minimum Gasteiger partial charge on any atom is -0.326 e. The maximum absolute atomic E-state index is 13.3. The van der Waals surface area contributed by atoms with Gasteiger partial charge in [-0.15, -0.1) is 0 Å². The predicted octanol–water partition coefficient (Wildman–Crippen LogP) is 3.23. The van der Waals surface area contributed by atoms with E-state index in [4.69, 9.17) is 0 Å². The Bertz CT molecular complexity index is 1530. The SMILES string of the molecule is Cc1c(NC(=O)c2nc3c(n2C)CNCC3)cccc1-c1cccc(NC(=O)c2nc3c(n2C)CNCC3)c1C. The van der Waals surface area contributed by atoms with Gasteiger partial charge in [0, 0.05) is 64.5 Å². The number of benzene rings is 2. The molecular weight excluding hydrogens is 504 g/mol. The van der Waals surface area contributed by atoms with Crippen LogP contribution < -0.4 is 21.3 Å². The van der Waals surface area contributed by atoms with Gasteiger partial charge in [0.15, 0.2) is 11.6 Å². The summed E-state index contributed by atoms with van der Waals surface area (Å²) in [6.07, 6.45) is 1.63. The number of amides is 2. The van der Waals surface area contributed by atoms with Crippen LogP contribution in [0.25, 0.3) is 11.1 Å². The van der Waals surface area contributed by atoms with E-state index in [9.17, 15) is 9.59 Å². The second-order valence-electron chi connectivity index (χ2n) is 10.5. The van der Waals surface area contributed by atoms with Crippen molar-refractivity contribution in [2.45, 2.75) is 39.8 Å². The molecule has 2 aliphatic rings. The lowest BCUT2D eigenvalue weighted by atomic mass is 9.94. The fraction of sp³-hybridized carbons (Fsp3) is 0.333. The molecule has 2 amide bonds. The van der Waals surface area contributed by atoms with Gasteiger partial charge in [-0.05, 0) is 48.2 Å². The molecule has 2 aliphatic heterocycles. The molecule has 0 unspecified atom stereocenters. The first-order valence-corrected chi connectivity index (χ1v) is 13.7. The van der Waals surface area contributed by atoms with E-state index >= 15 is 0 Å². The van der Waals surface area contributed by atoms with Gasteiger partial charge in [-0.3, -0.25) is 9.59 Å². The van der Waals surface area contributed by atoms with E-state index in [1.807, 2.05) is 73.5 Å². The summed E-state index contributed by atoms with van der Waals surface area (Å²) >= 11 is 0. The molecular formula is C30H34N8O2. The quantitative estimate of drug-likeness (QED) is 0.310. The Morgan fingerprint density at radius 3 is 1.55 bits per heavy atom. The molecule has 10 nitrogen and oxygen atoms in total. The average molecular weight is 539 g/mol. The number of hydrogen-bond acceptors (Lipinski definition) is 6. The van der Waals surface area contributed by atoms with Crippen LogP contribution in [0.3, 0.4) is 0 Å². The summed E-state index contributed by atoms with van der Waals surface area (Å²) in [5.41, 5.74) is 9.35. The molecule has 4 aromatic rings. The Hall–Kier alpha value is -4.28. The summed E-state index contributed by atoms with van der Waals surface area (Å²) in [5, 5.41) is 12.8. The molecule has 206 valence electrons. The van der Waals surface area contributed by atoms with Crippen LogP contribution in [0.5, 0.6) is 0 Å². The molecule has 0 atom stereocenters. The molecule has 0 spiro atoms. The lowest BCUT2D eigenvalue weighted by Crippen LogP contribution is -2.25. The van der Waals surface area contributed by atoms with E-state index in [1.165, 1.54) is 0 Å². The van der Waals surface area contributed by atoms with E-state index in [2.05, 4.69) is 31.2 Å². The van der Waals surface area contributed by atoms with Crippen LogP contribution in [0.2, 0.25) is 0 Å². The van der Waals surface area contributed by atoms with Crippen LogP contribution in [0, 0.1) is 13.8 Å². The first-order valence-electron chi connectivity index (χ1n) is 13.7. The zero-order valence-electron chi connectivity index (χ0n) is 23.3. The Morgan fingerprint density at radius 1 is 0.725 bits per heavy atom. The van der Waals surface area contributed by atoms with Crippen molar-refractivity contribution in [1.29, 1.82) is 0 Å². The maximum Gasteiger partial charge on any atom is 0.291 e. The van der Waals surface area contributed by atoms with Crippen molar-refractivity contribution in [3.05, 3.63) is 81.9 Å². The number of rotatable bonds is 5. The zero-order valence-corrected chi connectivity index (χ0v) is 23.3. The van der Waals surface area contributed by atoms with Crippen LogP contribution in [-0.4, -0.2) is 44.0 Å². The van der Waals surface area contributed by atoms with Crippen LogP contribution in [0.4, 0.5) is 11.4 Å². The minimum atomic E-state index is -0.233. The third-order valence-corrected chi connectivity index (χ3v) is 8.12. The van der Waals surface area contributed by atoms with Crippen molar-refractivity contribution >= 4 is 23.2 Å². The largest absolute Gasteiger partial charge is 0.326 e. The summed E-state index contributed by atoms with van der Waals surface area (Å²) in [4.78, 5) is 35.8. The molecule has 4 N–H and O–H groups in total. The molecule has 0 aliphatic carbocycles. The fourth-order valence-electron chi connectivity index (χ4n) is 5.73. The summed E-state index contributed by atoms with van der Waals surface area (Å²) in [5.74, 6) is 0.350. The highest BCUT2D eigenvalue weighted by atomic mass is 16.2. The van der Waals surface area contributed by atoms with Gasteiger partial charge in [0.05, 0.1) is 22.8 Å². The van der Waals surface area contributed by atoms with Crippen LogP contribution in [0.15, 0.2) is 36.4 Å². The van der Waals surface area contributed by atoms with Gasteiger partial charge >= 0.3 is 0 Å². The van der Waals surface area contributed by atoms with Crippen molar-refractivity contribution in [1.82, 2.24) is 29.7 Å². The highest BCUT2D eigenvalue weighted by Crippen LogP contribution is 2.34. The Balaban J connectivity index is 1.26. The lowest BCUT2D eigenvalue weighted by Gasteiger charge is -2.17. The third-order valence-electron chi connectivity index (χ3n) is 8.12. The minimum absolute atomic E-state index is 0.233. The predicted molar refractivity (Wildman–Crippen MR) is 154 cm³/mol. The molecule has 40 heavy (non-hydrogen) atoms. The number of carbonyl (C=O) groups excluding carboxylic acids is 2. The number of anilines is 2. The topological polar surface area (TPSA) is 118 Å². The summed E-state index contributed by atoms with van der Waals surface area (Å²) in [7, 11) is 3.77. The molecule has 2 aromatic heterocycles. The van der Waals surface area contributed by atoms with Gasteiger partial charge in [0.1, 0.15) is 0 Å². The molecule has 0 saturated carbocycles. The van der Waals surface area contributed by atoms with Crippen molar-refractivity contribution in [3.8, 4) is 11.1 Å². The van der Waals surface area contributed by atoms with Crippen LogP contribution >= 0.6 is 0 Å². The number of aromatic nitrogens is 4. The number of fused-ring (bicyclic) bond motifs is 2. The number of hydrogen-bond donors (Lipinski definition) is 4. The number of nitrogens with one attached hydrogen (secondary N) is 4. The van der Waals surface area contributed by atoms with E-state index < -0.39 is 0 Å². The van der Waals surface area contributed by atoms with Gasteiger partial charge < -0.3 is 30.4 Å². The zero-order chi connectivity index (χ0) is 28.0.